The number of aromatic amines is 1. The Morgan fingerprint density at radius 3 is 2.19 bits per heavy atom. The third-order valence-corrected chi connectivity index (χ3v) is 6.00. The summed E-state index contributed by atoms with van der Waals surface area (Å²) in [4.78, 5) is 2.13. The SMILES string of the molecule is O=S(=O)(c1c(NCc2c(Cl)cc(C(F)(F)F)cc2Cl)n[nH]c1-c1ncon1)C(F)(F)F. The van der Waals surface area contributed by atoms with E-state index in [9.17, 15) is 34.8 Å². The molecule has 0 fully saturated rings. The van der Waals surface area contributed by atoms with Gasteiger partial charge in [0.05, 0.1) is 5.56 Å². The van der Waals surface area contributed by atoms with Crippen molar-refractivity contribution in [1.29, 1.82) is 0 Å². The maximum Gasteiger partial charge on any atom is 0.502 e. The van der Waals surface area contributed by atoms with Gasteiger partial charge in [-0.3, -0.25) is 5.10 Å². The number of aromatic nitrogens is 4. The minimum Gasteiger partial charge on any atom is -0.363 e. The molecule has 0 bridgehead atoms. The average molecular weight is 510 g/mol. The van der Waals surface area contributed by atoms with Crippen LogP contribution in [0.1, 0.15) is 11.1 Å². The van der Waals surface area contributed by atoms with Crippen molar-refractivity contribution in [2.24, 2.45) is 0 Å². The first-order valence-corrected chi connectivity index (χ1v) is 9.93. The zero-order valence-electron chi connectivity index (χ0n) is 14.4. The van der Waals surface area contributed by atoms with Crippen molar-refractivity contribution in [2.45, 2.75) is 23.1 Å². The van der Waals surface area contributed by atoms with E-state index in [4.69, 9.17) is 23.2 Å². The molecule has 3 aromatic rings. The molecule has 0 radical (unpaired) electrons. The molecule has 0 unspecified atom stereocenters. The number of nitrogens with zero attached hydrogens (tertiary/aromatic N) is 3. The molecule has 0 saturated heterocycles. The van der Waals surface area contributed by atoms with Gasteiger partial charge >= 0.3 is 11.7 Å². The van der Waals surface area contributed by atoms with E-state index in [1.54, 1.807) is 0 Å². The molecule has 17 heteroatoms. The number of anilines is 1. The lowest BCUT2D eigenvalue weighted by Gasteiger charge is -2.14. The summed E-state index contributed by atoms with van der Waals surface area (Å²) < 4.78 is 107. The van der Waals surface area contributed by atoms with Crippen LogP contribution in [0.2, 0.25) is 10.0 Å². The van der Waals surface area contributed by atoms with Crippen LogP contribution >= 0.6 is 23.2 Å². The molecule has 1 aromatic carbocycles. The fraction of sp³-hybridized carbons (Fsp3) is 0.214. The van der Waals surface area contributed by atoms with Crippen molar-refractivity contribution in [3.05, 3.63) is 39.7 Å². The average Bonchev–Trinajstić information content (AvgIpc) is 3.28. The lowest BCUT2D eigenvalue weighted by molar-refractivity contribution is -0.137. The zero-order chi connectivity index (χ0) is 23.2. The zero-order valence-corrected chi connectivity index (χ0v) is 16.8. The van der Waals surface area contributed by atoms with Crippen LogP contribution in [0.5, 0.6) is 0 Å². The van der Waals surface area contributed by atoms with Crippen molar-refractivity contribution in [3.63, 3.8) is 0 Å². The Hall–Kier alpha value is -2.52. The fourth-order valence-electron chi connectivity index (χ4n) is 2.37. The van der Waals surface area contributed by atoms with Crippen molar-refractivity contribution >= 4 is 38.9 Å². The van der Waals surface area contributed by atoms with Crippen molar-refractivity contribution < 1.29 is 39.3 Å². The molecule has 0 saturated carbocycles. The van der Waals surface area contributed by atoms with Gasteiger partial charge in [0.25, 0.3) is 9.84 Å². The van der Waals surface area contributed by atoms with Gasteiger partial charge in [0.2, 0.25) is 12.2 Å². The summed E-state index contributed by atoms with van der Waals surface area (Å²) in [5.41, 5.74) is -7.73. The first-order valence-electron chi connectivity index (χ1n) is 7.69. The minimum absolute atomic E-state index is 0.143. The van der Waals surface area contributed by atoms with Gasteiger partial charge in [0.15, 0.2) is 5.82 Å². The Labute approximate surface area is 178 Å². The Balaban J connectivity index is 2.02. The van der Waals surface area contributed by atoms with Crippen molar-refractivity contribution in [1.82, 2.24) is 20.3 Å². The highest BCUT2D eigenvalue weighted by Crippen LogP contribution is 2.40. The number of hydrogen-bond donors (Lipinski definition) is 2. The van der Waals surface area contributed by atoms with Crippen molar-refractivity contribution in [2.75, 3.05) is 5.32 Å². The number of rotatable bonds is 5. The van der Waals surface area contributed by atoms with Crippen LogP contribution in [0, 0.1) is 0 Å². The number of nitrogens with one attached hydrogen (secondary N) is 2. The van der Waals surface area contributed by atoms with Gasteiger partial charge in [-0.05, 0) is 12.1 Å². The van der Waals surface area contributed by atoms with E-state index in [2.05, 4.69) is 30.2 Å². The van der Waals surface area contributed by atoms with Gasteiger partial charge in [-0.2, -0.15) is 36.4 Å². The smallest absolute Gasteiger partial charge is 0.363 e. The van der Waals surface area contributed by atoms with Crippen LogP contribution in [0.15, 0.2) is 27.9 Å². The Kier molecular flexibility index (Phi) is 5.88. The first kappa shape index (κ1) is 23.1. The third-order valence-electron chi connectivity index (χ3n) is 3.78. The number of benzene rings is 1. The van der Waals surface area contributed by atoms with Crippen molar-refractivity contribution in [3.8, 4) is 11.5 Å². The van der Waals surface area contributed by atoms with Crippen LogP contribution < -0.4 is 5.32 Å². The number of sulfone groups is 1. The summed E-state index contributed by atoms with van der Waals surface area (Å²) in [5.74, 6) is -1.35. The number of halogens is 8. The quantitative estimate of drug-likeness (QED) is 0.479. The van der Waals surface area contributed by atoms with Crippen LogP contribution in [-0.4, -0.2) is 34.3 Å². The Bertz CT molecular complexity index is 1190. The standard InChI is InChI=1S/C14H7Cl2F6N5O3S/c15-7-1-5(13(17,18)19)2-8(16)6(7)3-23-12-10(31(28,29)14(20,21)22)9(25-26-12)11-24-4-30-27-11/h1-2,4H,3H2,(H2,23,25,26). The molecule has 2 heterocycles. The minimum atomic E-state index is -5.96. The highest BCUT2D eigenvalue weighted by molar-refractivity contribution is 7.92. The molecule has 168 valence electrons. The second kappa shape index (κ2) is 7.87. The summed E-state index contributed by atoms with van der Waals surface area (Å²) in [6.07, 6.45) is -4.00. The molecule has 8 nitrogen and oxygen atoms in total. The molecule has 0 spiro atoms. The van der Waals surface area contributed by atoms with Gasteiger partial charge in [0.1, 0.15) is 10.6 Å². The van der Waals surface area contributed by atoms with Crippen LogP contribution in [0.25, 0.3) is 11.5 Å². The molecule has 2 N–H and O–H groups in total. The summed E-state index contributed by atoms with van der Waals surface area (Å²) >= 11 is 11.6. The third kappa shape index (κ3) is 4.43. The van der Waals surface area contributed by atoms with E-state index in [0.717, 1.165) is 6.39 Å². The largest absolute Gasteiger partial charge is 0.502 e. The van der Waals surface area contributed by atoms with Crippen LogP contribution in [-0.2, 0) is 22.6 Å². The monoisotopic (exact) mass is 509 g/mol. The van der Waals surface area contributed by atoms with Gasteiger partial charge in [-0.15, -0.1) is 0 Å². The predicted molar refractivity (Wildman–Crippen MR) is 93.9 cm³/mol. The summed E-state index contributed by atoms with van der Waals surface area (Å²) in [5, 5.41) is 10.2. The predicted octanol–water partition coefficient (Wildman–Crippen LogP) is 4.69. The maximum atomic E-state index is 13.2. The van der Waals surface area contributed by atoms with E-state index in [1.165, 1.54) is 0 Å². The molecule has 0 atom stereocenters. The highest BCUT2D eigenvalue weighted by atomic mass is 35.5. The fourth-order valence-corrected chi connectivity index (χ4v) is 4.00. The van der Waals surface area contributed by atoms with Crippen LogP contribution in [0.3, 0.4) is 0 Å². The Morgan fingerprint density at radius 2 is 1.71 bits per heavy atom. The lowest BCUT2D eigenvalue weighted by atomic mass is 10.1. The normalized spacial score (nSPS) is 12.9. The summed E-state index contributed by atoms with van der Waals surface area (Å²) in [7, 11) is -5.96. The van der Waals surface area contributed by atoms with E-state index in [1.807, 2.05) is 0 Å². The molecular formula is C14H7Cl2F6N5O3S. The Morgan fingerprint density at radius 1 is 1.10 bits per heavy atom. The molecule has 0 amide bonds. The summed E-state index contributed by atoms with van der Waals surface area (Å²) in [6.45, 7) is -0.563. The molecular weight excluding hydrogens is 503 g/mol. The highest BCUT2D eigenvalue weighted by Gasteiger charge is 2.51. The van der Waals surface area contributed by atoms with Gasteiger partial charge < -0.3 is 9.84 Å². The number of alkyl halides is 6. The van der Waals surface area contributed by atoms with Gasteiger partial charge in [-0.25, -0.2) is 8.42 Å². The second-order valence-electron chi connectivity index (χ2n) is 5.75. The topological polar surface area (TPSA) is 114 Å². The molecule has 0 aliphatic carbocycles. The second-order valence-corrected chi connectivity index (χ2v) is 8.44. The lowest BCUT2D eigenvalue weighted by Crippen LogP contribution is -2.24. The maximum absolute atomic E-state index is 13.2. The molecule has 3 rings (SSSR count). The van der Waals surface area contributed by atoms with E-state index >= 15 is 0 Å². The first-order chi connectivity index (χ1) is 14.2. The van der Waals surface area contributed by atoms with E-state index in [0.29, 0.717) is 12.1 Å². The van der Waals surface area contributed by atoms with Gasteiger partial charge in [0, 0.05) is 22.2 Å². The molecule has 0 aliphatic heterocycles. The number of H-pyrrole nitrogens is 1. The van der Waals surface area contributed by atoms with E-state index < -0.39 is 65.9 Å². The molecule has 2 aromatic heterocycles. The molecule has 0 aliphatic rings. The van der Waals surface area contributed by atoms with Crippen LogP contribution in [0.4, 0.5) is 32.2 Å². The van der Waals surface area contributed by atoms with Gasteiger partial charge in [-0.1, -0.05) is 28.4 Å². The molecule has 31 heavy (non-hydrogen) atoms. The van der Waals surface area contributed by atoms with E-state index in [-0.39, 0.29) is 5.56 Å². The summed E-state index contributed by atoms with van der Waals surface area (Å²) in [6, 6.07) is 1.13. The number of hydrogen-bond acceptors (Lipinski definition) is 7.